The molecule has 6 fully saturated rings. The minimum Gasteiger partial charge on any atom is -0.507 e. The van der Waals surface area contributed by atoms with Gasteiger partial charge in [0, 0.05) is 42.5 Å². The highest BCUT2D eigenvalue weighted by molar-refractivity contribution is 5.74. The van der Waals surface area contributed by atoms with Crippen LogP contribution in [-0.2, 0) is 14.9 Å². The number of aromatic nitrogens is 4. The fourth-order valence-corrected chi connectivity index (χ4v) is 11.2. The maximum atomic E-state index is 12.2. The third-order valence-electron chi connectivity index (χ3n) is 13.8. The van der Waals surface area contributed by atoms with Crippen LogP contribution >= 0.6 is 0 Å². The summed E-state index contributed by atoms with van der Waals surface area (Å²) < 4.78 is 5.29. The highest BCUT2D eigenvalue weighted by Crippen LogP contribution is 2.69. The number of rotatable bonds is 7. The monoisotopic (exact) mass is 663 g/mol. The molecule has 4 aliphatic carbocycles. The number of hydrogen-bond acceptors (Lipinski definition) is 10. The molecule has 2 unspecified atom stereocenters. The molecule has 4 heterocycles. The molecular formula is C39H49N7O3. The van der Waals surface area contributed by atoms with E-state index in [1.807, 2.05) is 31.2 Å². The van der Waals surface area contributed by atoms with Gasteiger partial charge in [-0.2, -0.15) is 0 Å². The van der Waals surface area contributed by atoms with E-state index in [2.05, 4.69) is 32.4 Å². The maximum Gasteiger partial charge on any atom is 0.308 e. The van der Waals surface area contributed by atoms with Crippen LogP contribution in [0, 0.1) is 29.1 Å². The Labute approximate surface area is 288 Å². The van der Waals surface area contributed by atoms with E-state index in [1.54, 1.807) is 6.07 Å². The zero-order chi connectivity index (χ0) is 33.3. The first kappa shape index (κ1) is 31.2. The Kier molecular flexibility index (Phi) is 7.59. The number of nitrogen functional groups attached to an aromatic ring is 1. The summed E-state index contributed by atoms with van der Waals surface area (Å²) >= 11 is 0. The molecule has 2 atom stereocenters. The Morgan fingerprint density at radius 1 is 0.980 bits per heavy atom. The zero-order valence-corrected chi connectivity index (χ0v) is 28.6. The molecule has 258 valence electrons. The van der Waals surface area contributed by atoms with Gasteiger partial charge in [-0.1, -0.05) is 12.1 Å². The van der Waals surface area contributed by atoms with E-state index >= 15 is 0 Å². The Morgan fingerprint density at radius 2 is 1.67 bits per heavy atom. The topological polar surface area (TPSA) is 131 Å². The van der Waals surface area contributed by atoms with Gasteiger partial charge >= 0.3 is 5.97 Å². The summed E-state index contributed by atoms with van der Waals surface area (Å²) in [6.07, 6.45) is 15.9. The summed E-state index contributed by atoms with van der Waals surface area (Å²) in [5, 5.41) is 18.9. The second-order valence-corrected chi connectivity index (χ2v) is 16.3. The van der Waals surface area contributed by atoms with Crippen LogP contribution in [0.2, 0.25) is 0 Å². The molecule has 2 saturated heterocycles. The SMILES string of the molecule is CCOC(=O)C1CCC2(CC1)CC(N1CCC(c3cnc(C45CC6CN(c7cc(-c8ccccc8O)nnc7N)CC(C4)C65)nc3)CC1)C2. The lowest BCUT2D eigenvalue weighted by Gasteiger charge is -2.70. The van der Waals surface area contributed by atoms with Gasteiger partial charge in [-0.25, -0.2) is 9.97 Å². The summed E-state index contributed by atoms with van der Waals surface area (Å²) in [7, 11) is 0. The largest absolute Gasteiger partial charge is 0.507 e. The van der Waals surface area contributed by atoms with E-state index in [0.717, 1.165) is 63.4 Å². The van der Waals surface area contributed by atoms with Crippen molar-refractivity contribution in [1.29, 1.82) is 0 Å². The van der Waals surface area contributed by atoms with Gasteiger partial charge in [-0.05, 0) is 137 Å². The first-order valence-corrected chi connectivity index (χ1v) is 18.7. The van der Waals surface area contributed by atoms with Crippen molar-refractivity contribution in [2.45, 2.75) is 88.5 Å². The first-order chi connectivity index (χ1) is 23.8. The lowest BCUT2D eigenvalue weighted by molar-refractivity contribution is -0.151. The molecule has 0 radical (unpaired) electrons. The van der Waals surface area contributed by atoms with Gasteiger partial charge in [0.15, 0.2) is 5.82 Å². The zero-order valence-electron chi connectivity index (χ0n) is 28.6. The standard InChI is InChI=1S/C39H49N7O3/c1-2-49-36(48)25-7-11-38(12-8-25)18-29(19-38)45-13-9-24(10-14-45)28-20-41-37(42-21-28)39-16-26-22-46(23-27(17-39)34(26)39)32-15-31(43-44-35(32)40)30-5-3-4-6-33(30)47/h3-6,15,20-21,24-27,29,34,47H,2,7-14,16-19,22-23H2,1H3,(H2,40,44). The van der Waals surface area contributed by atoms with Crippen LogP contribution in [0.5, 0.6) is 5.75 Å². The molecule has 10 heteroatoms. The number of carbonyl (C=O) groups is 1. The van der Waals surface area contributed by atoms with Crippen LogP contribution < -0.4 is 10.6 Å². The highest BCUT2D eigenvalue weighted by Gasteiger charge is 2.69. The van der Waals surface area contributed by atoms with Crippen molar-refractivity contribution in [3.63, 3.8) is 0 Å². The highest BCUT2D eigenvalue weighted by atomic mass is 16.5. The van der Waals surface area contributed by atoms with Crippen molar-refractivity contribution in [2.24, 2.45) is 29.1 Å². The number of carbonyl (C=O) groups excluding carboxylic acids is 1. The van der Waals surface area contributed by atoms with Crippen LogP contribution in [0.1, 0.15) is 88.4 Å². The van der Waals surface area contributed by atoms with Crippen molar-refractivity contribution in [3.8, 4) is 17.0 Å². The van der Waals surface area contributed by atoms with Crippen LogP contribution in [0.3, 0.4) is 0 Å². The van der Waals surface area contributed by atoms with E-state index in [9.17, 15) is 9.90 Å². The van der Waals surface area contributed by atoms with E-state index in [-0.39, 0.29) is 23.1 Å². The van der Waals surface area contributed by atoms with Gasteiger partial charge in [0.05, 0.1) is 23.9 Å². The average molecular weight is 664 g/mol. The Hall–Kier alpha value is -3.79. The number of nitrogens with two attached hydrogens (primary N) is 1. The predicted octanol–water partition coefficient (Wildman–Crippen LogP) is 5.72. The lowest BCUT2D eigenvalue weighted by Crippen LogP contribution is -2.71. The summed E-state index contributed by atoms with van der Waals surface area (Å²) in [6.45, 7) is 6.62. The number of nitrogens with zero attached hydrogens (tertiary/aromatic N) is 6. The number of anilines is 2. The van der Waals surface area contributed by atoms with E-state index < -0.39 is 0 Å². The molecule has 6 aliphatic rings. The Bertz CT molecular complexity index is 1690. The smallest absolute Gasteiger partial charge is 0.308 e. The van der Waals surface area contributed by atoms with Crippen LogP contribution in [0.15, 0.2) is 42.7 Å². The lowest BCUT2D eigenvalue weighted by atomic mass is 9.37. The molecule has 0 bridgehead atoms. The van der Waals surface area contributed by atoms with Gasteiger partial charge in [-0.3, -0.25) is 4.79 Å². The van der Waals surface area contributed by atoms with Gasteiger partial charge in [-0.15, -0.1) is 10.2 Å². The molecule has 3 N–H and O–H groups in total. The third kappa shape index (κ3) is 5.19. The molecule has 1 spiro atoms. The fraction of sp³-hybridized carbons (Fsp3) is 0.615. The number of likely N-dealkylation sites (tertiary alicyclic amines) is 1. The molecule has 10 nitrogen and oxygen atoms in total. The van der Waals surface area contributed by atoms with E-state index in [4.69, 9.17) is 20.4 Å². The van der Waals surface area contributed by atoms with Gasteiger partial charge in [0.2, 0.25) is 0 Å². The summed E-state index contributed by atoms with van der Waals surface area (Å²) in [4.78, 5) is 27.4. The number of aromatic hydroxyl groups is 1. The van der Waals surface area contributed by atoms with Crippen molar-refractivity contribution >= 4 is 17.5 Å². The summed E-state index contributed by atoms with van der Waals surface area (Å²) in [5.74, 6) is 4.22. The number of benzene rings is 1. The number of para-hydroxylation sites is 1. The average Bonchev–Trinajstić information content (AvgIpc) is 3.09. The maximum absolute atomic E-state index is 12.2. The second kappa shape index (κ2) is 11.9. The normalized spacial score (nSPS) is 34.0. The molecule has 3 aromatic rings. The molecule has 4 saturated carbocycles. The van der Waals surface area contributed by atoms with Crippen molar-refractivity contribution in [1.82, 2.24) is 25.1 Å². The Balaban J connectivity index is 0.776. The molecule has 9 rings (SSSR count). The predicted molar refractivity (Wildman–Crippen MR) is 187 cm³/mol. The van der Waals surface area contributed by atoms with Gasteiger partial charge in [0.1, 0.15) is 11.6 Å². The van der Waals surface area contributed by atoms with Crippen LogP contribution in [0.25, 0.3) is 11.3 Å². The number of piperidine rings is 2. The van der Waals surface area contributed by atoms with E-state index in [0.29, 0.717) is 58.8 Å². The van der Waals surface area contributed by atoms with E-state index in [1.165, 1.54) is 44.1 Å². The van der Waals surface area contributed by atoms with Crippen LogP contribution in [0.4, 0.5) is 11.5 Å². The number of ether oxygens (including phenoxy) is 1. The minimum absolute atomic E-state index is 0.0218. The number of phenols is 1. The van der Waals surface area contributed by atoms with Crippen LogP contribution in [-0.4, -0.2) is 75.0 Å². The number of phenolic OH excluding ortho intramolecular Hbond substituents is 1. The molecule has 2 aliphatic heterocycles. The summed E-state index contributed by atoms with van der Waals surface area (Å²) in [6, 6.07) is 9.93. The number of esters is 1. The minimum atomic E-state index is 0.0218. The number of hydrogen-bond donors (Lipinski definition) is 2. The van der Waals surface area contributed by atoms with Gasteiger partial charge < -0.3 is 25.4 Å². The fourth-order valence-electron chi connectivity index (χ4n) is 11.2. The molecular weight excluding hydrogens is 614 g/mol. The molecule has 0 amide bonds. The van der Waals surface area contributed by atoms with Crippen molar-refractivity contribution < 1.29 is 14.6 Å². The third-order valence-corrected chi connectivity index (χ3v) is 13.8. The molecule has 1 aromatic carbocycles. The van der Waals surface area contributed by atoms with Crippen molar-refractivity contribution in [2.75, 3.05) is 43.4 Å². The quantitative estimate of drug-likeness (QED) is 0.303. The first-order valence-electron chi connectivity index (χ1n) is 18.7. The van der Waals surface area contributed by atoms with Crippen molar-refractivity contribution in [3.05, 3.63) is 54.1 Å². The summed E-state index contributed by atoms with van der Waals surface area (Å²) in [5.41, 5.74) is 10.5. The Morgan fingerprint density at radius 3 is 2.35 bits per heavy atom. The molecule has 2 aromatic heterocycles. The second-order valence-electron chi connectivity index (χ2n) is 16.3. The molecule has 49 heavy (non-hydrogen) atoms. The van der Waals surface area contributed by atoms with Gasteiger partial charge in [0.25, 0.3) is 0 Å².